The lowest BCUT2D eigenvalue weighted by Crippen LogP contribution is -2.19. The summed E-state index contributed by atoms with van der Waals surface area (Å²) < 4.78 is 0. The van der Waals surface area contributed by atoms with Crippen molar-refractivity contribution in [2.45, 2.75) is 13.8 Å². The topological polar surface area (TPSA) is 116 Å². The predicted molar refractivity (Wildman–Crippen MR) is 81.1 cm³/mol. The van der Waals surface area contributed by atoms with Crippen LogP contribution < -0.4 is 11.5 Å². The van der Waals surface area contributed by atoms with Crippen LogP contribution in [0.1, 0.15) is 19.5 Å². The third kappa shape index (κ3) is 4.27. The van der Waals surface area contributed by atoms with Crippen LogP contribution in [0.5, 0.6) is 0 Å². The maximum absolute atomic E-state index is 10.1. The van der Waals surface area contributed by atoms with E-state index in [0.717, 1.165) is 5.56 Å². The number of nitrogens with zero attached hydrogens (tertiary/aromatic N) is 3. The fraction of sp³-hybridized carbons (Fsp3) is 0.143. The lowest BCUT2D eigenvalue weighted by Gasteiger charge is -2.05. The molecular weight excluding hydrogens is 270 g/mol. The second-order valence-electron chi connectivity index (χ2n) is 3.53. The van der Waals surface area contributed by atoms with Crippen LogP contribution in [0, 0.1) is 0 Å². The van der Waals surface area contributed by atoms with Gasteiger partial charge in [-0.3, -0.25) is 4.79 Å². The number of rotatable bonds is 4. The Kier molecular flexibility index (Phi) is 6.33. The minimum Gasteiger partial charge on any atom is -0.382 e. The molecule has 1 aromatic carbocycles. The quantitative estimate of drug-likeness (QED) is 0.290. The molecular formula is C14H17N5O2. The van der Waals surface area contributed by atoms with Crippen LogP contribution in [-0.4, -0.2) is 22.3 Å². The summed E-state index contributed by atoms with van der Waals surface area (Å²) >= 11 is 0. The molecule has 0 saturated carbocycles. The van der Waals surface area contributed by atoms with E-state index in [0.29, 0.717) is 5.69 Å². The summed E-state index contributed by atoms with van der Waals surface area (Å²) in [6, 6.07) is 9.39. The van der Waals surface area contributed by atoms with Gasteiger partial charge in [0, 0.05) is 5.56 Å². The number of hydrogen-bond acceptors (Lipinski definition) is 6. The Morgan fingerprint density at radius 2 is 1.95 bits per heavy atom. The van der Waals surface area contributed by atoms with Crippen LogP contribution in [0.4, 0.5) is 5.82 Å². The van der Waals surface area contributed by atoms with Gasteiger partial charge in [0.25, 0.3) is 0 Å². The zero-order valence-electron chi connectivity index (χ0n) is 11.9. The van der Waals surface area contributed by atoms with Crippen molar-refractivity contribution in [1.29, 1.82) is 0 Å². The Bertz CT molecular complexity index is 614. The molecule has 7 heteroatoms. The predicted octanol–water partition coefficient (Wildman–Crippen LogP) is 1.55. The average molecular weight is 287 g/mol. The maximum atomic E-state index is 10.1. The number of anilines is 1. The normalized spacial score (nSPS) is 10.3. The van der Waals surface area contributed by atoms with Crippen molar-refractivity contribution in [3.63, 3.8) is 0 Å². The number of amidine groups is 1. The molecule has 0 saturated heterocycles. The number of benzene rings is 1. The molecule has 0 fully saturated rings. The molecule has 0 aliphatic heterocycles. The molecule has 0 radical (unpaired) electrons. The summed E-state index contributed by atoms with van der Waals surface area (Å²) in [4.78, 5) is 22.5. The molecule has 2 rings (SSSR count). The molecule has 0 atom stereocenters. The molecule has 7 nitrogen and oxygen atoms in total. The van der Waals surface area contributed by atoms with E-state index in [1.807, 2.05) is 44.2 Å². The Morgan fingerprint density at radius 1 is 1.29 bits per heavy atom. The molecule has 21 heavy (non-hydrogen) atoms. The monoisotopic (exact) mass is 287 g/mol. The van der Waals surface area contributed by atoms with Crippen molar-refractivity contribution < 1.29 is 9.63 Å². The molecule has 0 unspecified atom stereocenters. The zero-order chi connectivity index (χ0) is 15.7. The van der Waals surface area contributed by atoms with E-state index in [4.69, 9.17) is 11.5 Å². The number of aromatic nitrogens is 2. The van der Waals surface area contributed by atoms with E-state index in [9.17, 15) is 4.79 Å². The summed E-state index contributed by atoms with van der Waals surface area (Å²) in [7, 11) is 0. The minimum absolute atomic E-state index is 0.107. The van der Waals surface area contributed by atoms with E-state index in [1.54, 1.807) is 0 Å². The van der Waals surface area contributed by atoms with Crippen LogP contribution in [0.3, 0.4) is 0 Å². The van der Waals surface area contributed by atoms with Crippen LogP contribution in [0.25, 0.3) is 11.3 Å². The van der Waals surface area contributed by atoms with Gasteiger partial charge in [0.15, 0.2) is 17.3 Å². The van der Waals surface area contributed by atoms with Gasteiger partial charge in [-0.05, 0) is 0 Å². The largest absolute Gasteiger partial charge is 0.382 e. The van der Waals surface area contributed by atoms with Crippen molar-refractivity contribution in [3.05, 3.63) is 42.2 Å². The molecule has 2 aromatic rings. The first-order valence-electron chi connectivity index (χ1n) is 6.33. The van der Waals surface area contributed by atoms with Crippen LogP contribution >= 0.6 is 0 Å². The van der Waals surface area contributed by atoms with E-state index < -0.39 is 0 Å². The molecule has 110 valence electrons. The first-order valence-corrected chi connectivity index (χ1v) is 6.33. The molecule has 0 aliphatic carbocycles. The second-order valence-corrected chi connectivity index (χ2v) is 3.53. The molecule has 0 bridgehead atoms. The van der Waals surface area contributed by atoms with Crippen molar-refractivity contribution in [2.24, 2.45) is 10.9 Å². The van der Waals surface area contributed by atoms with Crippen molar-refractivity contribution in [2.75, 3.05) is 5.73 Å². The van der Waals surface area contributed by atoms with E-state index in [1.165, 1.54) is 6.20 Å². The van der Waals surface area contributed by atoms with Crippen molar-refractivity contribution in [1.82, 2.24) is 9.97 Å². The molecule has 4 N–H and O–H groups in total. The van der Waals surface area contributed by atoms with Gasteiger partial charge in [-0.25, -0.2) is 9.97 Å². The molecule has 1 heterocycles. The summed E-state index contributed by atoms with van der Waals surface area (Å²) in [5, 5.41) is 3.35. The zero-order valence-corrected chi connectivity index (χ0v) is 11.9. The van der Waals surface area contributed by atoms with Crippen LogP contribution in [0.2, 0.25) is 0 Å². The van der Waals surface area contributed by atoms with Gasteiger partial charge < -0.3 is 16.3 Å². The first-order chi connectivity index (χ1) is 10.2. The lowest BCUT2D eigenvalue weighted by atomic mass is 10.1. The fourth-order valence-electron chi connectivity index (χ4n) is 1.46. The lowest BCUT2D eigenvalue weighted by molar-refractivity contribution is -0.128. The van der Waals surface area contributed by atoms with Gasteiger partial charge in [-0.1, -0.05) is 49.3 Å². The third-order valence-corrected chi connectivity index (χ3v) is 2.31. The van der Waals surface area contributed by atoms with E-state index in [-0.39, 0.29) is 23.8 Å². The van der Waals surface area contributed by atoms with Gasteiger partial charge in [0.05, 0.1) is 11.9 Å². The van der Waals surface area contributed by atoms with Crippen LogP contribution in [-0.2, 0) is 9.63 Å². The second kappa shape index (κ2) is 8.26. The summed E-state index contributed by atoms with van der Waals surface area (Å²) in [6.07, 6.45) is 1.53. The highest BCUT2D eigenvalue weighted by Gasteiger charge is 2.10. The van der Waals surface area contributed by atoms with E-state index >= 15 is 0 Å². The SMILES string of the molecule is CC.N/C(=N\OC=O)c1nc(-c2ccccc2)cnc1N. The summed E-state index contributed by atoms with van der Waals surface area (Å²) in [5.74, 6) is -0.00897. The smallest absolute Gasteiger partial charge is 0.323 e. The molecule has 1 aromatic heterocycles. The standard InChI is InChI=1S/C12H11N5O2.C2H6/c13-11-10(12(14)17-19-7-18)16-9(6-15-11)8-4-2-1-3-5-8;1-2/h1-7H,(H2,13,15)(H2,14,17);1-2H3. The Morgan fingerprint density at radius 3 is 2.57 bits per heavy atom. The average Bonchev–Trinajstić information content (AvgIpc) is 2.55. The summed E-state index contributed by atoms with van der Waals surface area (Å²) in [5.41, 5.74) is 12.9. The van der Waals surface area contributed by atoms with Gasteiger partial charge in [-0.2, -0.15) is 0 Å². The first kappa shape index (κ1) is 16.1. The maximum Gasteiger partial charge on any atom is 0.323 e. The Balaban J connectivity index is 0.00000106. The molecule has 0 spiro atoms. The number of hydrogen-bond donors (Lipinski definition) is 2. The minimum atomic E-state index is -0.116. The highest BCUT2D eigenvalue weighted by Crippen LogP contribution is 2.17. The third-order valence-electron chi connectivity index (χ3n) is 2.31. The van der Waals surface area contributed by atoms with Gasteiger partial charge in [0.1, 0.15) is 0 Å². The Hall–Kier alpha value is -2.96. The van der Waals surface area contributed by atoms with Crippen molar-refractivity contribution in [3.8, 4) is 11.3 Å². The summed E-state index contributed by atoms with van der Waals surface area (Å²) in [6.45, 7) is 4.15. The van der Waals surface area contributed by atoms with Crippen LogP contribution in [0.15, 0.2) is 41.7 Å². The number of oxime groups is 1. The number of nitrogen functional groups attached to an aromatic ring is 1. The molecule has 0 aliphatic rings. The molecule has 0 amide bonds. The number of carbonyl (C=O) groups excluding carboxylic acids is 1. The number of nitrogens with two attached hydrogens (primary N) is 2. The van der Waals surface area contributed by atoms with Gasteiger partial charge in [0.2, 0.25) is 0 Å². The number of carbonyl (C=O) groups is 1. The fourth-order valence-corrected chi connectivity index (χ4v) is 1.46. The highest BCUT2D eigenvalue weighted by atomic mass is 16.7. The Labute approximate surface area is 122 Å². The highest BCUT2D eigenvalue weighted by molar-refractivity contribution is 5.99. The van der Waals surface area contributed by atoms with Crippen molar-refractivity contribution >= 4 is 18.1 Å². The van der Waals surface area contributed by atoms with Gasteiger partial charge >= 0.3 is 6.47 Å². The van der Waals surface area contributed by atoms with Gasteiger partial charge in [-0.15, -0.1) is 0 Å². The van der Waals surface area contributed by atoms with E-state index in [2.05, 4.69) is 20.0 Å².